The fraction of sp³-hybridized carbons (Fsp3) is 0.500. The summed E-state index contributed by atoms with van der Waals surface area (Å²) >= 11 is 0. The molecule has 0 saturated heterocycles. The summed E-state index contributed by atoms with van der Waals surface area (Å²) in [6.45, 7) is 1.10. The van der Waals surface area contributed by atoms with Crippen LogP contribution in [0.1, 0.15) is 35.2 Å². The van der Waals surface area contributed by atoms with Gasteiger partial charge in [-0.1, -0.05) is 30.7 Å². The third kappa shape index (κ3) is 2.03. The van der Waals surface area contributed by atoms with Crippen molar-refractivity contribution in [2.24, 2.45) is 0 Å². The van der Waals surface area contributed by atoms with Gasteiger partial charge < -0.3 is 4.90 Å². The molecule has 1 aromatic carbocycles. The lowest BCUT2D eigenvalue weighted by atomic mass is 9.64. The molecule has 0 amide bonds. The molecular formula is C14H19NO. The SMILES string of the molecule is CN(C)CC1(c2ccc(C=O)cc2)CCC1. The molecule has 0 aromatic heterocycles. The Kier molecular flexibility index (Phi) is 3.10. The van der Waals surface area contributed by atoms with Gasteiger partial charge in [0.2, 0.25) is 0 Å². The molecule has 1 saturated carbocycles. The zero-order valence-electron chi connectivity index (χ0n) is 10.1. The van der Waals surface area contributed by atoms with Crippen molar-refractivity contribution in [2.75, 3.05) is 20.6 Å². The Bertz CT molecular complexity index is 363. The highest BCUT2D eigenvalue weighted by Crippen LogP contribution is 2.44. The maximum atomic E-state index is 10.6. The maximum Gasteiger partial charge on any atom is 0.150 e. The summed E-state index contributed by atoms with van der Waals surface area (Å²) in [6.07, 6.45) is 4.77. The number of carbonyl (C=O) groups is 1. The van der Waals surface area contributed by atoms with Crippen LogP contribution in [-0.4, -0.2) is 31.8 Å². The summed E-state index contributed by atoms with van der Waals surface area (Å²) in [7, 11) is 4.25. The Morgan fingerprint density at radius 1 is 1.25 bits per heavy atom. The van der Waals surface area contributed by atoms with Gasteiger partial charge in [-0.25, -0.2) is 0 Å². The number of aldehydes is 1. The number of carbonyl (C=O) groups excluding carboxylic acids is 1. The number of likely N-dealkylation sites (N-methyl/N-ethyl adjacent to an activating group) is 1. The van der Waals surface area contributed by atoms with Crippen molar-refractivity contribution < 1.29 is 4.79 Å². The van der Waals surface area contributed by atoms with Gasteiger partial charge in [-0.05, 0) is 32.5 Å². The summed E-state index contributed by atoms with van der Waals surface area (Å²) in [5, 5.41) is 0. The van der Waals surface area contributed by atoms with E-state index in [-0.39, 0.29) is 0 Å². The zero-order valence-corrected chi connectivity index (χ0v) is 10.1. The van der Waals surface area contributed by atoms with Gasteiger partial charge in [-0.3, -0.25) is 4.79 Å². The molecule has 1 fully saturated rings. The topological polar surface area (TPSA) is 20.3 Å². The molecule has 0 unspecified atom stereocenters. The van der Waals surface area contributed by atoms with Crippen molar-refractivity contribution in [3.63, 3.8) is 0 Å². The molecule has 16 heavy (non-hydrogen) atoms. The van der Waals surface area contributed by atoms with E-state index in [1.807, 2.05) is 12.1 Å². The maximum absolute atomic E-state index is 10.6. The molecule has 0 N–H and O–H groups in total. The molecule has 2 heteroatoms. The third-order valence-electron chi connectivity index (χ3n) is 3.59. The molecule has 1 aliphatic carbocycles. The highest BCUT2D eigenvalue weighted by atomic mass is 16.1. The first-order valence-electron chi connectivity index (χ1n) is 5.87. The van der Waals surface area contributed by atoms with Gasteiger partial charge in [0.25, 0.3) is 0 Å². The van der Waals surface area contributed by atoms with E-state index in [9.17, 15) is 4.79 Å². The lowest BCUT2D eigenvalue weighted by Gasteiger charge is -2.44. The van der Waals surface area contributed by atoms with Gasteiger partial charge in [0.15, 0.2) is 0 Å². The van der Waals surface area contributed by atoms with Gasteiger partial charge >= 0.3 is 0 Å². The first-order chi connectivity index (χ1) is 7.66. The highest BCUT2D eigenvalue weighted by molar-refractivity contribution is 5.74. The molecular weight excluding hydrogens is 198 g/mol. The van der Waals surface area contributed by atoms with Crippen LogP contribution in [0.2, 0.25) is 0 Å². The summed E-state index contributed by atoms with van der Waals surface area (Å²) < 4.78 is 0. The Morgan fingerprint density at radius 3 is 2.25 bits per heavy atom. The van der Waals surface area contributed by atoms with Crippen LogP contribution in [0.15, 0.2) is 24.3 Å². The van der Waals surface area contributed by atoms with E-state index in [1.54, 1.807) is 0 Å². The van der Waals surface area contributed by atoms with Crippen molar-refractivity contribution in [2.45, 2.75) is 24.7 Å². The Hall–Kier alpha value is -1.15. The number of hydrogen-bond donors (Lipinski definition) is 0. The molecule has 0 heterocycles. The Balaban J connectivity index is 2.22. The monoisotopic (exact) mass is 217 g/mol. The first-order valence-corrected chi connectivity index (χ1v) is 5.87. The molecule has 0 bridgehead atoms. The average Bonchev–Trinajstić information content (AvgIpc) is 2.23. The predicted octanol–water partition coefficient (Wildman–Crippen LogP) is 2.48. The predicted molar refractivity (Wildman–Crippen MR) is 65.9 cm³/mol. The van der Waals surface area contributed by atoms with Crippen LogP contribution in [0.4, 0.5) is 0 Å². The minimum Gasteiger partial charge on any atom is -0.309 e. The standard InChI is InChI=1S/C14H19NO/c1-15(2)11-14(8-3-9-14)13-6-4-12(10-16)5-7-13/h4-7,10H,3,8-9,11H2,1-2H3. The summed E-state index contributed by atoms with van der Waals surface area (Å²) in [5.41, 5.74) is 2.49. The number of hydrogen-bond acceptors (Lipinski definition) is 2. The van der Waals surface area contributed by atoms with Gasteiger partial charge in [0.1, 0.15) is 6.29 Å². The van der Waals surface area contributed by atoms with E-state index in [0.717, 1.165) is 18.4 Å². The van der Waals surface area contributed by atoms with Gasteiger partial charge in [-0.15, -0.1) is 0 Å². The highest BCUT2D eigenvalue weighted by Gasteiger charge is 2.38. The summed E-state index contributed by atoms with van der Waals surface area (Å²) in [4.78, 5) is 12.9. The number of nitrogens with zero attached hydrogens (tertiary/aromatic N) is 1. The molecule has 2 rings (SSSR count). The summed E-state index contributed by atoms with van der Waals surface area (Å²) in [6, 6.07) is 8.09. The lowest BCUT2D eigenvalue weighted by molar-refractivity contribution is 0.112. The van der Waals surface area contributed by atoms with Crippen LogP contribution in [0, 0.1) is 0 Å². The van der Waals surface area contributed by atoms with Crippen molar-refractivity contribution >= 4 is 6.29 Å². The number of rotatable bonds is 4. The number of benzene rings is 1. The molecule has 0 atom stereocenters. The molecule has 1 aromatic rings. The lowest BCUT2D eigenvalue weighted by Crippen LogP contribution is -2.43. The van der Waals surface area contributed by atoms with E-state index in [0.29, 0.717) is 5.41 Å². The molecule has 2 nitrogen and oxygen atoms in total. The second-order valence-corrected chi connectivity index (χ2v) is 5.11. The normalized spacial score (nSPS) is 18.2. The van der Waals surface area contributed by atoms with Crippen LogP contribution in [0.25, 0.3) is 0 Å². The van der Waals surface area contributed by atoms with E-state index in [1.165, 1.54) is 24.8 Å². The van der Waals surface area contributed by atoms with Gasteiger partial charge in [0, 0.05) is 17.5 Å². The molecule has 0 spiro atoms. The minimum absolute atomic E-state index is 0.338. The van der Waals surface area contributed by atoms with Crippen molar-refractivity contribution in [1.82, 2.24) is 4.90 Å². The molecule has 0 aliphatic heterocycles. The van der Waals surface area contributed by atoms with E-state index < -0.39 is 0 Å². The largest absolute Gasteiger partial charge is 0.309 e. The Morgan fingerprint density at radius 2 is 1.88 bits per heavy atom. The van der Waals surface area contributed by atoms with E-state index in [2.05, 4.69) is 31.1 Å². The van der Waals surface area contributed by atoms with Gasteiger partial charge in [0.05, 0.1) is 0 Å². The van der Waals surface area contributed by atoms with Crippen molar-refractivity contribution in [1.29, 1.82) is 0 Å². The quantitative estimate of drug-likeness (QED) is 0.722. The first kappa shape index (κ1) is 11.3. The van der Waals surface area contributed by atoms with Crippen molar-refractivity contribution in [3.8, 4) is 0 Å². The zero-order chi connectivity index (χ0) is 11.6. The smallest absolute Gasteiger partial charge is 0.150 e. The minimum atomic E-state index is 0.338. The molecule has 0 radical (unpaired) electrons. The Labute approximate surface area is 97.3 Å². The van der Waals surface area contributed by atoms with Crippen molar-refractivity contribution in [3.05, 3.63) is 35.4 Å². The van der Waals surface area contributed by atoms with E-state index >= 15 is 0 Å². The van der Waals surface area contributed by atoms with E-state index in [4.69, 9.17) is 0 Å². The van der Waals surface area contributed by atoms with Crippen LogP contribution < -0.4 is 0 Å². The molecule has 86 valence electrons. The van der Waals surface area contributed by atoms with Crippen LogP contribution in [-0.2, 0) is 5.41 Å². The average molecular weight is 217 g/mol. The fourth-order valence-corrected chi connectivity index (χ4v) is 2.66. The van der Waals surface area contributed by atoms with Gasteiger partial charge in [-0.2, -0.15) is 0 Å². The third-order valence-corrected chi connectivity index (χ3v) is 3.59. The van der Waals surface area contributed by atoms with Crippen LogP contribution >= 0.6 is 0 Å². The second kappa shape index (κ2) is 4.38. The van der Waals surface area contributed by atoms with Crippen LogP contribution in [0.5, 0.6) is 0 Å². The van der Waals surface area contributed by atoms with Crippen LogP contribution in [0.3, 0.4) is 0 Å². The molecule has 1 aliphatic rings. The second-order valence-electron chi connectivity index (χ2n) is 5.11. The summed E-state index contributed by atoms with van der Waals surface area (Å²) in [5.74, 6) is 0. The fourth-order valence-electron chi connectivity index (χ4n) is 2.66.